The molecule has 1 aromatic rings. The number of aromatic nitrogens is 1. The molecule has 0 saturated heterocycles. The summed E-state index contributed by atoms with van der Waals surface area (Å²) in [5, 5.41) is 17.8. The lowest BCUT2D eigenvalue weighted by atomic mass is 10.4. The van der Waals surface area contributed by atoms with E-state index in [1.165, 1.54) is 0 Å². The van der Waals surface area contributed by atoms with Crippen LogP contribution < -0.4 is 10.3 Å². The van der Waals surface area contributed by atoms with Crippen LogP contribution in [0.5, 0.6) is 17.4 Å². The lowest BCUT2D eigenvalue weighted by molar-refractivity contribution is 0.318. The van der Waals surface area contributed by atoms with Crippen LogP contribution in [-0.4, -0.2) is 21.8 Å². The Kier molecular flexibility index (Phi) is 2.23. The molecule has 0 aliphatic heterocycles. The van der Waals surface area contributed by atoms with Crippen molar-refractivity contribution in [3.05, 3.63) is 16.4 Å². The summed E-state index contributed by atoms with van der Waals surface area (Å²) >= 11 is 0. The molecule has 0 radical (unpaired) electrons. The van der Waals surface area contributed by atoms with Crippen LogP contribution in [0.25, 0.3) is 0 Å². The number of pyridine rings is 1. The third-order valence-corrected chi connectivity index (χ3v) is 1.26. The van der Waals surface area contributed by atoms with Crippen molar-refractivity contribution in [2.45, 2.75) is 6.92 Å². The highest BCUT2D eigenvalue weighted by atomic mass is 16.5. The lowest BCUT2D eigenvalue weighted by Gasteiger charge is -2.02. The molecule has 5 heteroatoms. The Labute approximate surface area is 68.2 Å². The van der Waals surface area contributed by atoms with Crippen molar-refractivity contribution in [2.24, 2.45) is 0 Å². The number of rotatable bonds is 2. The maximum atomic E-state index is 10.8. The van der Waals surface area contributed by atoms with Crippen LogP contribution >= 0.6 is 0 Å². The largest absolute Gasteiger partial charge is 0.504 e. The Hall–Kier alpha value is -1.65. The third-order valence-electron chi connectivity index (χ3n) is 1.26. The minimum atomic E-state index is -0.765. The average Bonchev–Trinajstić information content (AvgIpc) is 2.01. The molecule has 12 heavy (non-hydrogen) atoms. The van der Waals surface area contributed by atoms with E-state index in [9.17, 15) is 4.79 Å². The Bertz CT molecular complexity index is 331. The summed E-state index contributed by atoms with van der Waals surface area (Å²) in [6.45, 7) is 2.11. The number of aromatic hydroxyl groups is 2. The van der Waals surface area contributed by atoms with Gasteiger partial charge in [0.2, 0.25) is 5.75 Å². The van der Waals surface area contributed by atoms with Gasteiger partial charge in [0.05, 0.1) is 6.61 Å². The average molecular weight is 171 g/mol. The van der Waals surface area contributed by atoms with Gasteiger partial charge >= 0.3 is 0 Å². The van der Waals surface area contributed by atoms with Crippen LogP contribution in [0.3, 0.4) is 0 Å². The fraction of sp³-hybridized carbons (Fsp3) is 0.286. The molecule has 0 aliphatic carbocycles. The maximum Gasteiger partial charge on any atom is 0.296 e. The molecule has 1 rings (SSSR count). The predicted molar refractivity (Wildman–Crippen MR) is 41.6 cm³/mol. The number of H-pyrrole nitrogens is 1. The Morgan fingerprint density at radius 2 is 2.25 bits per heavy atom. The molecule has 3 N–H and O–H groups in total. The molecule has 0 amide bonds. The van der Waals surface area contributed by atoms with Gasteiger partial charge in [0.25, 0.3) is 5.56 Å². The monoisotopic (exact) mass is 171 g/mol. The number of aromatic amines is 1. The molecule has 66 valence electrons. The lowest BCUT2D eigenvalue weighted by Crippen LogP contribution is -2.07. The smallest absolute Gasteiger partial charge is 0.296 e. The Morgan fingerprint density at radius 1 is 1.58 bits per heavy atom. The number of nitrogens with one attached hydrogen (secondary N) is 1. The van der Waals surface area contributed by atoms with Crippen LogP contribution in [0, 0.1) is 0 Å². The molecule has 0 spiro atoms. The van der Waals surface area contributed by atoms with E-state index in [0.717, 1.165) is 6.07 Å². The molecule has 0 bridgehead atoms. The van der Waals surface area contributed by atoms with Crippen molar-refractivity contribution < 1.29 is 14.9 Å². The normalized spacial score (nSPS) is 9.75. The highest BCUT2D eigenvalue weighted by Crippen LogP contribution is 2.21. The molecular weight excluding hydrogens is 162 g/mol. The van der Waals surface area contributed by atoms with Crippen molar-refractivity contribution >= 4 is 0 Å². The maximum absolute atomic E-state index is 10.8. The molecule has 0 aromatic carbocycles. The zero-order chi connectivity index (χ0) is 9.14. The van der Waals surface area contributed by atoms with Gasteiger partial charge in [-0.05, 0) is 6.92 Å². The van der Waals surface area contributed by atoms with Crippen molar-refractivity contribution in [2.75, 3.05) is 6.61 Å². The molecule has 0 saturated carbocycles. The molecule has 0 atom stereocenters. The zero-order valence-corrected chi connectivity index (χ0v) is 6.50. The quantitative estimate of drug-likeness (QED) is 0.593. The summed E-state index contributed by atoms with van der Waals surface area (Å²) in [7, 11) is 0. The van der Waals surface area contributed by atoms with Gasteiger partial charge in [0.15, 0.2) is 11.6 Å². The van der Waals surface area contributed by atoms with Crippen LogP contribution in [-0.2, 0) is 0 Å². The summed E-state index contributed by atoms with van der Waals surface area (Å²) in [4.78, 5) is 13.0. The van der Waals surface area contributed by atoms with Gasteiger partial charge in [0, 0.05) is 6.07 Å². The molecule has 1 aromatic heterocycles. The number of ether oxygens (including phenoxy) is 1. The van der Waals surface area contributed by atoms with E-state index >= 15 is 0 Å². The first-order valence-electron chi connectivity index (χ1n) is 3.43. The summed E-state index contributed by atoms with van der Waals surface area (Å²) in [6, 6.07) is 1.14. The second kappa shape index (κ2) is 3.17. The first kappa shape index (κ1) is 8.45. The second-order valence-corrected chi connectivity index (χ2v) is 2.13. The zero-order valence-electron chi connectivity index (χ0n) is 6.50. The van der Waals surface area contributed by atoms with Gasteiger partial charge in [-0.1, -0.05) is 0 Å². The van der Waals surface area contributed by atoms with Crippen molar-refractivity contribution in [3.8, 4) is 17.4 Å². The second-order valence-electron chi connectivity index (χ2n) is 2.13. The standard InChI is InChI=1S/C7H9NO4/c1-2-12-5-3-4(9)6(10)7(11)8-5/h3,10H,2H2,1H3,(H2,8,9,11). The number of hydrogen-bond acceptors (Lipinski definition) is 4. The fourth-order valence-electron chi connectivity index (χ4n) is 0.749. The minimum Gasteiger partial charge on any atom is -0.504 e. The van der Waals surface area contributed by atoms with Crippen molar-refractivity contribution in [1.29, 1.82) is 0 Å². The van der Waals surface area contributed by atoms with E-state index in [1.807, 2.05) is 0 Å². The van der Waals surface area contributed by atoms with E-state index in [1.54, 1.807) is 6.92 Å². The van der Waals surface area contributed by atoms with E-state index in [4.69, 9.17) is 14.9 Å². The number of hydrogen-bond donors (Lipinski definition) is 3. The highest BCUT2D eigenvalue weighted by molar-refractivity contribution is 5.38. The van der Waals surface area contributed by atoms with Gasteiger partial charge in [-0.2, -0.15) is 0 Å². The predicted octanol–water partition coefficient (Wildman–Crippen LogP) is 0.185. The van der Waals surface area contributed by atoms with E-state index in [0.29, 0.717) is 6.61 Å². The van der Waals surface area contributed by atoms with Gasteiger partial charge in [-0.15, -0.1) is 0 Å². The van der Waals surface area contributed by atoms with Crippen LogP contribution in [0.2, 0.25) is 0 Å². The molecule has 1 heterocycles. The molecule has 5 nitrogen and oxygen atoms in total. The molecular formula is C7H9NO4. The minimum absolute atomic E-state index is 0.137. The van der Waals surface area contributed by atoms with Gasteiger partial charge in [-0.3, -0.25) is 9.78 Å². The van der Waals surface area contributed by atoms with Crippen LogP contribution in [0.1, 0.15) is 6.92 Å². The topological polar surface area (TPSA) is 82.5 Å². The SMILES string of the molecule is CCOc1cc(O)c(O)c(=O)[nH]1. The molecule has 0 fully saturated rings. The third kappa shape index (κ3) is 1.50. The summed E-state index contributed by atoms with van der Waals surface area (Å²) < 4.78 is 4.90. The first-order valence-corrected chi connectivity index (χ1v) is 3.43. The van der Waals surface area contributed by atoms with Gasteiger partial charge in [0.1, 0.15) is 0 Å². The fourth-order valence-corrected chi connectivity index (χ4v) is 0.749. The van der Waals surface area contributed by atoms with Gasteiger partial charge < -0.3 is 14.9 Å². The Morgan fingerprint density at radius 3 is 2.75 bits per heavy atom. The van der Waals surface area contributed by atoms with E-state index in [-0.39, 0.29) is 5.88 Å². The summed E-state index contributed by atoms with van der Waals surface area (Å²) in [5.41, 5.74) is -0.765. The van der Waals surface area contributed by atoms with Crippen molar-refractivity contribution in [1.82, 2.24) is 4.98 Å². The molecule has 0 unspecified atom stereocenters. The van der Waals surface area contributed by atoms with Gasteiger partial charge in [-0.25, -0.2) is 0 Å². The highest BCUT2D eigenvalue weighted by Gasteiger charge is 2.06. The molecule has 0 aliphatic rings. The van der Waals surface area contributed by atoms with Crippen LogP contribution in [0.4, 0.5) is 0 Å². The first-order chi connectivity index (χ1) is 5.65. The van der Waals surface area contributed by atoms with E-state index < -0.39 is 17.1 Å². The summed E-state index contributed by atoms with van der Waals surface area (Å²) in [5.74, 6) is -1.04. The Balaban J connectivity index is 3.13. The summed E-state index contributed by atoms with van der Waals surface area (Å²) in [6.07, 6.45) is 0. The van der Waals surface area contributed by atoms with E-state index in [2.05, 4.69) is 4.98 Å². The van der Waals surface area contributed by atoms with Crippen molar-refractivity contribution in [3.63, 3.8) is 0 Å². The van der Waals surface area contributed by atoms with Crippen LogP contribution in [0.15, 0.2) is 10.9 Å².